The van der Waals surface area contributed by atoms with E-state index >= 15 is 0 Å². The smallest absolute Gasteiger partial charge is 0.332 e. The molecule has 1 unspecified atom stereocenters. The molecule has 2 aromatic rings. The zero-order valence-electron chi connectivity index (χ0n) is 13.1. The number of rotatable bonds is 8. The van der Waals surface area contributed by atoms with Crippen molar-refractivity contribution in [2.24, 2.45) is 0 Å². The summed E-state index contributed by atoms with van der Waals surface area (Å²) in [5.74, 6) is 0.283. The van der Waals surface area contributed by atoms with Crippen LogP contribution < -0.4 is 4.74 Å². The highest BCUT2D eigenvalue weighted by Gasteiger charge is 2.08. The van der Waals surface area contributed by atoms with Gasteiger partial charge in [0.1, 0.15) is 12.4 Å². The van der Waals surface area contributed by atoms with Gasteiger partial charge in [-0.15, -0.1) is 0 Å². The molecule has 0 aromatic heterocycles. The Morgan fingerprint density at radius 2 is 1.78 bits per heavy atom. The van der Waals surface area contributed by atoms with Crippen molar-refractivity contribution < 1.29 is 19.0 Å². The zero-order chi connectivity index (χ0) is 16.5. The van der Waals surface area contributed by atoms with Gasteiger partial charge in [0.2, 0.25) is 6.29 Å². The van der Waals surface area contributed by atoms with E-state index in [-0.39, 0.29) is 0 Å². The summed E-state index contributed by atoms with van der Waals surface area (Å²) in [7, 11) is 0. The van der Waals surface area contributed by atoms with Crippen LogP contribution in [-0.4, -0.2) is 25.5 Å². The molecule has 23 heavy (non-hydrogen) atoms. The molecule has 2 rings (SSSR count). The van der Waals surface area contributed by atoms with Gasteiger partial charge in [-0.2, -0.15) is 0 Å². The van der Waals surface area contributed by atoms with Gasteiger partial charge in [0.15, 0.2) is 0 Å². The largest absolute Gasteiger partial charge is 0.491 e. The zero-order valence-corrected chi connectivity index (χ0v) is 13.1. The van der Waals surface area contributed by atoms with E-state index in [1.54, 1.807) is 6.92 Å². The van der Waals surface area contributed by atoms with E-state index in [1.165, 1.54) is 0 Å². The molecule has 4 nitrogen and oxygen atoms in total. The van der Waals surface area contributed by atoms with Gasteiger partial charge >= 0.3 is 5.97 Å². The molecule has 0 fully saturated rings. The normalized spacial score (nSPS) is 11.5. The van der Waals surface area contributed by atoms with Crippen LogP contribution in [0.25, 0.3) is 11.1 Å². The summed E-state index contributed by atoms with van der Waals surface area (Å²) < 4.78 is 16.1. The molecule has 0 N–H and O–H groups in total. The first-order chi connectivity index (χ1) is 11.2. The summed E-state index contributed by atoms with van der Waals surface area (Å²) >= 11 is 0. The lowest BCUT2D eigenvalue weighted by molar-refractivity contribution is -0.169. The van der Waals surface area contributed by atoms with E-state index in [0.29, 0.717) is 13.2 Å². The highest BCUT2D eigenvalue weighted by molar-refractivity contribution is 5.81. The van der Waals surface area contributed by atoms with Crippen LogP contribution in [0, 0.1) is 0 Å². The average molecular weight is 312 g/mol. The van der Waals surface area contributed by atoms with E-state index < -0.39 is 12.3 Å². The van der Waals surface area contributed by atoms with Crippen molar-refractivity contribution >= 4 is 5.97 Å². The maximum absolute atomic E-state index is 11.0. The summed E-state index contributed by atoms with van der Waals surface area (Å²) in [5, 5.41) is 0. The van der Waals surface area contributed by atoms with E-state index in [9.17, 15) is 4.79 Å². The highest BCUT2D eigenvalue weighted by Crippen LogP contribution is 2.29. The highest BCUT2D eigenvalue weighted by atomic mass is 16.7. The number of esters is 1. The molecule has 0 bridgehead atoms. The van der Waals surface area contributed by atoms with Gasteiger partial charge in [0, 0.05) is 11.6 Å². The van der Waals surface area contributed by atoms with Crippen molar-refractivity contribution in [3.8, 4) is 16.9 Å². The maximum Gasteiger partial charge on any atom is 0.332 e. The summed E-state index contributed by atoms with van der Waals surface area (Å²) in [6.45, 7) is 5.66. The number of carbonyl (C=O) groups is 1. The Kier molecular flexibility index (Phi) is 6.39. The van der Waals surface area contributed by atoms with Crippen molar-refractivity contribution in [1.82, 2.24) is 0 Å². The number of hydrogen-bond donors (Lipinski definition) is 0. The number of carbonyl (C=O) groups excluding carboxylic acids is 1. The first kappa shape index (κ1) is 16.8. The number of hydrogen-bond acceptors (Lipinski definition) is 4. The molecule has 2 aromatic carbocycles. The Balaban J connectivity index is 1.87. The molecule has 0 aliphatic carbocycles. The van der Waals surface area contributed by atoms with Crippen LogP contribution in [0.4, 0.5) is 0 Å². The molecule has 0 saturated carbocycles. The van der Waals surface area contributed by atoms with Gasteiger partial charge < -0.3 is 14.2 Å². The maximum atomic E-state index is 11.0. The van der Waals surface area contributed by atoms with Crippen molar-refractivity contribution in [3.05, 3.63) is 67.3 Å². The Morgan fingerprint density at radius 1 is 1.09 bits per heavy atom. The number of ether oxygens (including phenoxy) is 3. The number of benzene rings is 2. The van der Waals surface area contributed by atoms with Crippen LogP contribution in [0.2, 0.25) is 0 Å². The third kappa shape index (κ3) is 5.27. The van der Waals surface area contributed by atoms with Gasteiger partial charge in [-0.25, -0.2) is 4.79 Å². The van der Waals surface area contributed by atoms with Crippen LogP contribution >= 0.6 is 0 Å². The third-order valence-corrected chi connectivity index (χ3v) is 3.11. The Labute approximate surface area is 136 Å². The molecule has 0 saturated heterocycles. The lowest BCUT2D eigenvalue weighted by atomic mass is 10.1. The molecule has 0 radical (unpaired) electrons. The van der Waals surface area contributed by atoms with E-state index in [0.717, 1.165) is 23.0 Å². The van der Waals surface area contributed by atoms with Crippen LogP contribution in [0.15, 0.2) is 67.3 Å². The molecule has 0 amide bonds. The molecule has 120 valence electrons. The third-order valence-electron chi connectivity index (χ3n) is 3.11. The van der Waals surface area contributed by atoms with Crippen LogP contribution in [0.3, 0.4) is 0 Å². The molecule has 0 aliphatic rings. The molecule has 0 heterocycles. The summed E-state index contributed by atoms with van der Waals surface area (Å²) in [5.41, 5.74) is 2.12. The second-order valence-electron chi connectivity index (χ2n) is 4.79. The van der Waals surface area contributed by atoms with Crippen molar-refractivity contribution in [3.63, 3.8) is 0 Å². The average Bonchev–Trinajstić information content (AvgIpc) is 2.59. The van der Waals surface area contributed by atoms with Crippen molar-refractivity contribution in [2.45, 2.75) is 13.2 Å². The predicted octanol–water partition coefficient (Wildman–Crippen LogP) is 3.82. The van der Waals surface area contributed by atoms with Gasteiger partial charge in [-0.05, 0) is 18.6 Å². The lowest BCUT2D eigenvalue weighted by Gasteiger charge is -2.15. The standard InChI is InChI=1S/C19H20O4/c1-3-19(20)23-15(2)21-13-14-22-18-12-8-7-11-17(18)16-9-5-4-6-10-16/h3-12,15H,1,13-14H2,2H3. The second kappa shape index (κ2) is 8.76. The van der Waals surface area contributed by atoms with E-state index in [2.05, 4.69) is 6.58 Å². The summed E-state index contributed by atoms with van der Waals surface area (Å²) in [4.78, 5) is 11.0. The molecule has 0 aliphatic heterocycles. The van der Waals surface area contributed by atoms with Crippen LogP contribution in [-0.2, 0) is 14.3 Å². The molecule has 1 atom stereocenters. The van der Waals surface area contributed by atoms with Gasteiger partial charge in [0.25, 0.3) is 0 Å². The Hall–Kier alpha value is -2.59. The van der Waals surface area contributed by atoms with Crippen molar-refractivity contribution in [1.29, 1.82) is 0 Å². The molecular weight excluding hydrogens is 292 g/mol. The van der Waals surface area contributed by atoms with E-state index in [1.807, 2.05) is 54.6 Å². The summed E-state index contributed by atoms with van der Waals surface area (Å²) in [6.07, 6.45) is 0.473. The summed E-state index contributed by atoms with van der Waals surface area (Å²) in [6, 6.07) is 17.9. The molecule has 0 spiro atoms. The van der Waals surface area contributed by atoms with Crippen LogP contribution in [0.1, 0.15) is 6.92 Å². The topological polar surface area (TPSA) is 44.8 Å². The van der Waals surface area contributed by atoms with Gasteiger partial charge in [-0.1, -0.05) is 55.1 Å². The monoisotopic (exact) mass is 312 g/mol. The number of para-hydroxylation sites is 1. The fourth-order valence-corrected chi connectivity index (χ4v) is 2.06. The van der Waals surface area contributed by atoms with Crippen molar-refractivity contribution in [2.75, 3.05) is 13.2 Å². The fraction of sp³-hybridized carbons (Fsp3) is 0.211. The van der Waals surface area contributed by atoms with E-state index in [4.69, 9.17) is 14.2 Å². The van der Waals surface area contributed by atoms with Gasteiger partial charge in [-0.3, -0.25) is 0 Å². The Morgan fingerprint density at radius 3 is 2.52 bits per heavy atom. The predicted molar refractivity (Wildman–Crippen MR) is 89.1 cm³/mol. The minimum atomic E-state index is -0.631. The Bertz CT molecular complexity index is 637. The SMILES string of the molecule is C=CC(=O)OC(C)OCCOc1ccccc1-c1ccccc1. The fourth-order valence-electron chi connectivity index (χ4n) is 2.06. The first-order valence-corrected chi connectivity index (χ1v) is 7.42. The second-order valence-corrected chi connectivity index (χ2v) is 4.79. The molecule has 4 heteroatoms. The minimum absolute atomic E-state index is 0.314. The molecular formula is C19H20O4. The first-order valence-electron chi connectivity index (χ1n) is 7.42. The van der Waals surface area contributed by atoms with Gasteiger partial charge in [0.05, 0.1) is 6.61 Å². The minimum Gasteiger partial charge on any atom is -0.491 e. The quantitative estimate of drug-likeness (QED) is 0.322. The van der Waals surface area contributed by atoms with Crippen LogP contribution in [0.5, 0.6) is 5.75 Å². The lowest BCUT2D eigenvalue weighted by Crippen LogP contribution is -2.19.